The molecule has 0 bridgehead atoms. The van der Waals surface area contributed by atoms with Gasteiger partial charge in [0.2, 0.25) is 6.41 Å². The number of aliphatic imine (C=N–C) groups is 2. The van der Waals surface area contributed by atoms with Crippen LogP contribution in [0.5, 0.6) is 0 Å². The third-order valence-corrected chi connectivity index (χ3v) is 4.59. The summed E-state index contributed by atoms with van der Waals surface area (Å²) in [6, 6.07) is 7.75. The van der Waals surface area contributed by atoms with Crippen molar-refractivity contribution in [3.05, 3.63) is 71.4 Å². The maximum atomic E-state index is 10.7. The van der Waals surface area contributed by atoms with Crippen molar-refractivity contribution in [1.82, 2.24) is 0 Å². The zero-order valence-corrected chi connectivity index (χ0v) is 18.6. The van der Waals surface area contributed by atoms with Gasteiger partial charge in [0.15, 0.2) is 0 Å². The van der Waals surface area contributed by atoms with E-state index >= 15 is 0 Å². The fourth-order valence-electron chi connectivity index (χ4n) is 2.73. The van der Waals surface area contributed by atoms with Gasteiger partial charge in [-0.05, 0) is 49.6 Å². The van der Waals surface area contributed by atoms with Crippen molar-refractivity contribution in [1.29, 1.82) is 0 Å². The molecule has 0 saturated carbocycles. The standard InChI is InChI=1S/C24H30ClN3O/c1-7-26-15-27-21(6)17(2)12-23(18(3)11-20(5)25)13-19(4)22-9-8-10-24(14-22)28-16-29/h7-18H,1H2,2-6H3,(H,28,29)/b19-13+,20-11+,23-12+,26-15-,27-21-. The van der Waals surface area contributed by atoms with E-state index in [0.29, 0.717) is 6.41 Å². The molecule has 154 valence electrons. The fourth-order valence-corrected chi connectivity index (χ4v) is 2.92. The molecule has 0 spiro atoms. The average Bonchev–Trinajstić information content (AvgIpc) is 2.67. The lowest BCUT2D eigenvalue weighted by Crippen LogP contribution is -2.07. The van der Waals surface area contributed by atoms with Crippen LogP contribution < -0.4 is 5.32 Å². The van der Waals surface area contributed by atoms with Crippen LogP contribution in [0.2, 0.25) is 0 Å². The minimum absolute atomic E-state index is 0.125. The molecule has 1 aromatic carbocycles. The van der Waals surface area contributed by atoms with Gasteiger partial charge >= 0.3 is 0 Å². The first-order valence-corrected chi connectivity index (χ1v) is 9.87. The molecule has 0 saturated heterocycles. The summed E-state index contributed by atoms with van der Waals surface area (Å²) in [4.78, 5) is 19.0. The number of carbonyl (C=O) groups is 1. The van der Waals surface area contributed by atoms with E-state index in [1.165, 1.54) is 12.5 Å². The molecular weight excluding hydrogens is 382 g/mol. The van der Waals surface area contributed by atoms with Gasteiger partial charge < -0.3 is 5.32 Å². The van der Waals surface area contributed by atoms with E-state index in [-0.39, 0.29) is 11.8 Å². The van der Waals surface area contributed by atoms with Gasteiger partial charge in [-0.3, -0.25) is 4.79 Å². The first kappa shape index (κ1) is 24.3. The molecule has 0 aliphatic heterocycles. The smallest absolute Gasteiger partial charge is 0.211 e. The molecule has 1 amide bonds. The predicted molar refractivity (Wildman–Crippen MR) is 128 cm³/mol. The summed E-state index contributed by atoms with van der Waals surface area (Å²) in [6.45, 7) is 13.7. The average molecular weight is 412 g/mol. The van der Waals surface area contributed by atoms with Gasteiger partial charge in [0, 0.05) is 34.5 Å². The number of nitrogens with one attached hydrogen (secondary N) is 1. The van der Waals surface area contributed by atoms with Crippen molar-refractivity contribution in [2.75, 3.05) is 5.32 Å². The molecule has 2 atom stereocenters. The second kappa shape index (κ2) is 12.7. The Morgan fingerprint density at radius 1 is 1.17 bits per heavy atom. The van der Waals surface area contributed by atoms with Crippen LogP contribution in [-0.4, -0.2) is 18.5 Å². The Kier molecular flexibility index (Phi) is 10.6. The van der Waals surface area contributed by atoms with E-state index < -0.39 is 0 Å². The number of nitrogens with zero attached hydrogens (tertiary/aromatic N) is 2. The molecule has 0 fully saturated rings. The van der Waals surface area contributed by atoms with Crippen LogP contribution in [0.1, 0.15) is 40.2 Å². The van der Waals surface area contributed by atoms with Crippen LogP contribution in [-0.2, 0) is 4.79 Å². The third-order valence-electron chi connectivity index (χ3n) is 4.47. The molecule has 1 N–H and O–H groups in total. The predicted octanol–water partition coefficient (Wildman–Crippen LogP) is 6.63. The van der Waals surface area contributed by atoms with Crippen LogP contribution in [0.3, 0.4) is 0 Å². The van der Waals surface area contributed by atoms with E-state index in [1.54, 1.807) is 0 Å². The summed E-state index contributed by atoms with van der Waals surface area (Å²) in [5, 5.41) is 3.44. The molecule has 0 aromatic heterocycles. The van der Waals surface area contributed by atoms with E-state index in [2.05, 4.69) is 54.8 Å². The van der Waals surface area contributed by atoms with Gasteiger partial charge in [-0.2, -0.15) is 0 Å². The van der Waals surface area contributed by atoms with Gasteiger partial charge in [-0.1, -0.05) is 62.4 Å². The minimum atomic E-state index is 0.125. The molecule has 0 heterocycles. The number of allylic oxidation sites excluding steroid dienone is 6. The van der Waals surface area contributed by atoms with E-state index in [4.69, 9.17) is 11.6 Å². The Hall–Kier alpha value is -2.72. The molecular formula is C24H30ClN3O. The topological polar surface area (TPSA) is 53.8 Å². The zero-order valence-electron chi connectivity index (χ0n) is 17.8. The molecule has 0 aliphatic carbocycles. The minimum Gasteiger partial charge on any atom is -0.329 e. The van der Waals surface area contributed by atoms with E-state index in [0.717, 1.165) is 33.1 Å². The number of anilines is 1. The van der Waals surface area contributed by atoms with Gasteiger partial charge in [0.1, 0.15) is 6.34 Å². The van der Waals surface area contributed by atoms with Crippen LogP contribution in [0, 0.1) is 11.8 Å². The molecule has 5 heteroatoms. The van der Waals surface area contributed by atoms with Gasteiger partial charge in [-0.25, -0.2) is 9.98 Å². The number of rotatable bonds is 10. The van der Waals surface area contributed by atoms with Crippen molar-refractivity contribution in [3.63, 3.8) is 0 Å². The zero-order chi connectivity index (χ0) is 21.8. The van der Waals surface area contributed by atoms with Gasteiger partial charge in [0.25, 0.3) is 0 Å². The number of carbonyl (C=O) groups excluding carboxylic acids is 1. The molecule has 0 radical (unpaired) electrons. The molecule has 0 aliphatic rings. The summed E-state index contributed by atoms with van der Waals surface area (Å²) in [5.41, 5.74) is 4.98. The third kappa shape index (κ3) is 8.88. The normalized spacial score (nSPS) is 15.9. The van der Waals surface area contributed by atoms with E-state index in [1.807, 2.05) is 44.2 Å². The molecule has 2 unspecified atom stereocenters. The first-order valence-electron chi connectivity index (χ1n) is 9.49. The lowest BCUT2D eigenvalue weighted by atomic mass is 9.92. The monoisotopic (exact) mass is 411 g/mol. The SMILES string of the molecule is C=C/N=C\N=C(\C)C(C)/C=C(\C=C(/C)c1cccc(NC=O)c1)C(C)/C=C(\C)Cl. The molecule has 1 aromatic rings. The Morgan fingerprint density at radius 3 is 2.52 bits per heavy atom. The highest BCUT2D eigenvalue weighted by molar-refractivity contribution is 6.29. The largest absolute Gasteiger partial charge is 0.329 e. The molecule has 1 rings (SSSR count). The maximum Gasteiger partial charge on any atom is 0.211 e. The lowest BCUT2D eigenvalue weighted by Gasteiger charge is -2.15. The van der Waals surface area contributed by atoms with Crippen LogP contribution in [0.4, 0.5) is 5.69 Å². The van der Waals surface area contributed by atoms with Crippen molar-refractivity contribution in [3.8, 4) is 0 Å². The summed E-state index contributed by atoms with van der Waals surface area (Å²) in [7, 11) is 0. The molecule has 4 nitrogen and oxygen atoms in total. The quantitative estimate of drug-likeness (QED) is 0.199. The lowest BCUT2D eigenvalue weighted by molar-refractivity contribution is -0.105. The van der Waals surface area contributed by atoms with Crippen molar-refractivity contribution >= 4 is 41.3 Å². The Bertz CT molecular complexity index is 859. The Morgan fingerprint density at radius 2 is 1.90 bits per heavy atom. The fraction of sp³-hybridized carbons (Fsp3) is 0.292. The van der Waals surface area contributed by atoms with Crippen molar-refractivity contribution < 1.29 is 4.79 Å². The van der Waals surface area contributed by atoms with Crippen LogP contribution >= 0.6 is 11.6 Å². The maximum absolute atomic E-state index is 10.7. The van der Waals surface area contributed by atoms with Crippen LogP contribution in [0.25, 0.3) is 5.57 Å². The van der Waals surface area contributed by atoms with Crippen LogP contribution in [0.15, 0.2) is 75.9 Å². The summed E-state index contributed by atoms with van der Waals surface area (Å²) >= 11 is 6.13. The summed E-state index contributed by atoms with van der Waals surface area (Å²) in [5.74, 6) is 0.260. The molecule has 29 heavy (non-hydrogen) atoms. The van der Waals surface area contributed by atoms with E-state index in [9.17, 15) is 4.79 Å². The number of hydrogen-bond acceptors (Lipinski definition) is 2. The highest BCUT2D eigenvalue weighted by Crippen LogP contribution is 2.25. The second-order valence-electron chi connectivity index (χ2n) is 6.89. The van der Waals surface area contributed by atoms with Crippen molar-refractivity contribution in [2.45, 2.75) is 34.6 Å². The summed E-state index contributed by atoms with van der Waals surface area (Å²) in [6.07, 6.45) is 10.0. The Balaban J connectivity index is 3.32. The number of hydrogen-bond donors (Lipinski definition) is 1. The summed E-state index contributed by atoms with van der Waals surface area (Å²) < 4.78 is 0. The first-order chi connectivity index (χ1) is 13.8. The second-order valence-corrected chi connectivity index (χ2v) is 7.48. The highest BCUT2D eigenvalue weighted by atomic mass is 35.5. The Labute approximate surface area is 179 Å². The number of benzene rings is 1. The van der Waals surface area contributed by atoms with Gasteiger partial charge in [0.05, 0.1) is 0 Å². The van der Waals surface area contributed by atoms with Crippen molar-refractivity contribution in [2.24, 2.45) is 21.8 Å². The number of amides is 1. The highest BCUT2D eigenvalue weighted by Gasteiger charge is 2.10. The number of halogens is 1. The van der Waals surface area contributed by atoms with Gasteiger partial charge in [-0.15, -0.1) is 0 Å².